The van der Waals surface area contributed by atoms with Gasteiger partial charge in [-0.05, 0) is 31.2 Å². The third kappa shape index (κ3) is 3.86. The van der Waals surface area contributed by atoms with Crippen molar-refractivity contribution in [3.05, 3.63) is 17.8 Å². The van der Waals surface area contributed by atoms with Gasteiger partial charge in [0.25, 0.3) is 0 Å². The topological polar surface area (TPSA) is 79.5 Å². The summed E-state index contributed by atoms with van der Waals surface area (Å²) in [5.74, 6) is 0.363. The Morgan fingerprint density at radius 2 is 2.14 bits per heavy atom. The number of anilines is 2. The van der Waals surface area contributed by atoms with E-state index in [1.165, 1.54) is 19.0 Å². The number of carbonyl (C=O) groups is 1. The lowest BCUT2D eigenvalue weighted by Gasteiger charge is -2.31. The zero-order valence-corrected chi connectivity index (χ0v) is 12.9. The van der Waals surface area contributed by atoms with Crippen molar-refractivity contribution in [2.75, 3.05) is 17.2 Å². The third-order valence-electron chi connectivity index (χ3n) is 4.16. The largest absolute Gasteiger partial charge is 0.478 e. The van der Waals surface area contributed by atoms with E-state index in [9.17, 15) is 9.90 Å². The zero-order chi connectivity index (χ0) is 15.4. The summed E-state index contributed by atoms with van der Waals surface area (Å²) in [6.45, 7) is 5.32. The van der Waals surface area contributed by atoms with E-state index in [0.717, 1.165) is 31.6 Å². The Hall–Kier alpha value is -1.78. The molecule has 1 aromatic heterocycles. The van der Waals surface area contributed by atoms with Gasteiger partial charge in [-0.15, -0.1) is 0 Å². The lowest BCUT2D eigenvalue weighted by Crippen LogP contribution is -2.35. The molecule has 5 nitrogen and oxygen atoms in total. The summed E-state index contributed by atoms with van der Waals surface area (Å²) in [6.07, 6.45) is 7.34. The fraction of sp³-hybridized carbons (Fsp3) is 0.625. The SMILES string of the molecule is CC(C)CCN(c1cc(C(=O)O)c(N)cn1)C1CCCC1. The van der Waals surface area contributed by atoms with Crippen LogP contribution in [0.15, 0.2) is 12.3 Å². The molecule has 21 heavy (non-hydrogen) atoms. The van der Waals surface area contributed by atoms with Gasteiger partial charge < -0.3 is 15.7 Å². The number of nitrogens with zero attached hydrogens (tertiary/aromatic N) is 2. The van der Waals surface area contributed by atoms with E-state index in [4.69, 9.17) is 5.73 Å². The Labute approximate surface area is 126 Å². The fourth-order valence-corrected chi connectivity index (χ4v) is 2.89. The predicted octanol–water partition coefficient (Wildman–Crippen LogP) is 3.16. The van der Waals surface area contributed by atoms with E-state index in [1.807, 2.05) is 0 Å². The predicted molar refractivity (Wildman–Crippen MR) is 84.7 cm³/mol. The van der Waals surface area contributed by atoms with Gasteiger partial charge in [0, 0.05) is 12.6 Å². The van der Waals surface area contributed by atoms with E-state index in [2.05, 4.69) is 23.7 Å². The van der Waals surface area contributed by atoms with Crippen molar-refractivity contribution in [1.29, 1.82) is 0 Å². The van der Waals surface area contributed by atoms with E-state index in [0.29, 0.717) is 12.0 Å². The first-order valence-electron chi connectivity index (χ1n) is 7.74. The molecule has 3 N–H and O–H groups in total. The molecule has 1 aliphatic carbocycles. The molecule has 1 saturated carbocycles. The molecule has 0 atom stereocenters. The van der Waals surface area contributed by atoms with E-state index in [1.54, 1.807) is 6.07 Å². The number of aromatic nitrogens is 1. The maximum Gasteiger partial charge on any atom is 0.337 e. The van der Waals surface area contributed by atoms with Crippen LogP contribution in [0.1, 0.15) is 56.3 Å². The lowest BCUT2D eigenvalue weighted by molar-refractivity contribution is 0.0698. The van der Waals surface area contributed by atoms with Crippen LogP contribution in [0.25, 0.3) is 0 Å². The van der Waals surface area contributed by atoms with Crippen molar-refractivity contribution in [3.63, 3.8) is 0 Å². The van der Waals surface area contributed by atoms with Crippen LogP contribution < -0.4 is 10.6 Å². The maximum atomic E-state index is 11.3. The fourth-order valence-electron chi connectivity index (χ4n) is 2.89. The Morgan fingerprint density at radius 3 is 2.71 bits per heavy atom. The monoisotopic (exact) mass is 291 g/mol. The lowest BCUT2D eigenvalue weighted by atomic mass is 10.1. The number of hydrogen-bond donors (Lipinski definition) is 2. The minimum absolute atomic E-state index is 0.146. The summed E-state index contributed by atoms with van der Waals surface area (Å²) in [6, 6.07) is 2.09. The highest BCUT2D eigenvalue weighted by Gasteiger charge is 2.24. The van der Waals surface area contributed by atoms with Gasteiger partial charge >= 0.3 is 5.97 Å². The first-order chi connectivity index (χ1) is 9.99. The average molecular weight is 291 g/mol. The smallest absolute Gasteiger partial charge is 0.337 e. The van der Waals surface area contributed by atoms with Gasteiger partial charge in [-0.1, -0.05) is 26.7 Å². The molecule has 1 aromatic rings. The summed E-state index contributed by atoms with van der Waals surface area (Å²) in [5, 5.41) is 9.23. The molecule has 0 aromatic carbocycles. The molecule has 0 bridgehead atoms. The van der Waals surface area contributed by atoms with Gasteiger partial charge in [0.15, 0.2) is 0 Å². The van der Waals surface area contributed by atoms with Crippen LogP contribution in [-0.2, 0) is 0 Å². The molecular formula is C16H25N3O2. The van der Waals surface area contributed by atoms with Crippen molar-refractivity contribution in [2.24, 2.45) is 5.92 Å². The molecule has 0 amide bonds. The maximum absolute atomic E-state index is 11.3. The second-order valence-electron chi connectivity index (χ2n) is 6.25. The van der Waals surface area contributed by atoms with Gasteiger partial charge in [-0.25, -0.2) is 9.78 Å². The molecule has 5 heteroatoms. The number of nitrogen functional groups attached to an aromatic ring is 1. The standard InChI is InChI=1S/C16H25N3O2/c1-11(2)7-8-19(12-5-3-4-6-12)15-9-13(16(20)21)14(17)10-18-15/h9-12H,3-8,17H2,1-2H3,(H,20,21). The van der Waals surface area contributed by atoms with Crippen molar-refractivity contribution < 1.29 is 9.90 Å². The van der Waals surface area contributed by atoms with Crippen LogP contribution in [0.2, 0.25) is 0 Å². The molecule has 0 spiro atoms. The summed E-state index contributed by atoms with van der Waals surface area (Å²) in [5.41, 5.74) is 6.07. The Morgan fingerprint density at radius 1 is 1.48 bits per heavy atom. The molecule has 116 valence electrons. The normalized spacial score (nSPS) is 15.6. The van der Waals surface area contributed by atoms with Gasteiger partial charge in [0.1, 0.15) is 5.82 Å². The Kier molecular flexibility index (Phi) is 5.04. The highest BCUT2D eigenvalue weighted by molar-refractivity contribution is 5.94. The van der Waals surface area contributed by atoms with Crippen LogP contribution in [0.5, 0.6) is 0 Å². The molecule has 0 unspecified atom stereocenters. The molecule has 0 aliphatic heterocycles. The van der Waals surface area contributed by atoms with Crippen LogP contribution in [0.4, 0.5) is 11.5 Å². The molecule has 1 heterocycles. The first-order valence-corrected chi connectivity index (χ1v) is 7.74. The molecule has 1 fully saturated rings. The molecule has 2 rings (SSSR count). The molecular weight excluding hydrogens is 266 g/mol. The van der Waals surface area contributed by atoms with Crippen molar-refractivity contribution in [2.45, 2.75) is 52.0 Å². The summed E-state index contributed by atoms with van der Waals surface area (Å²) in [4.78, 5) is 17.9. The van der Waals surface area contributed by atoms with E-state index < -0.39 is 5.97 Å². The minimum atomic E-state index is -0.994. The van der Waals surface area contributed by atoms with Crippen molar-refractivity contribution >= 4 is 17.5 Å². The second-order valence-corrected chi connectivity index (χ2v) is 6.25. The number of hydrogen-bond acceptors (Lipinski definition) is 4. The van der Waals surface area contributed by atoms with E-state index in [-0.39, 0.29) is 11.3 Å². The van der Waals surface area contributed by atoms with Crippen LogP contribution in [0.3, 0.4) is 0 Å². The highest BCUT2D eigenvalue weighted by atomic mass is 16.4. The van der Waals surface area contributed by atoms with Crippen LogP contribution in [0, 0.1) is 5.92 Å². The highest BCUT2D eigenvalue weighted by Crippen LogP contribution is 2.29. The summed E-state index contributed by atoms with van der Waals surface area (Å²) >= 11 is 0. The number of rotatable bonds is 6. The molecule has 0 saturated heterocycles. The Balaban J connectivity index is 2.26. The van der Waals surface area contributed by atoms with Crippen molar-refractivity contribution in [3.8, 4) is 0 Å². The molecule has 0 radical (unpaired) electrons. The van der Waals surface area contributed by atoms with Crippen LogP contribution in [-0.4, -0.2) is 28.6 Å². The van der Waals surface area contributed by atoms with Crippen LogP contribution >= 0.6 is 0 Å². The first kappa shape index (κ1) is 15.6. The number of carboxylic acids is 1. The minimum Gasteiger partial charge on any atom is -0.478 e. The summed E-state index contributed by atoms with van der Waals surface area (Å²) < 4.78 is 0. The Bertz CT molecular complexity index is 496. The van der Waals surface area contributed by atoms with Gasteiger partial charge in [-0.3, -0.25) is 0 Å². The van der Waals surface area contributed by atoms with Gasteiger partial charge in [0.05, 0.1) is 17.4 Å². The second kappa shape index (κ2) is 6.78. The number of pyridine rings is 1. The van der Waals surface area contributed by atoms with Crippen molar-refractivity contribution in [1.82, 2.24) is 4.98 Å². The van der Waals surface area contributed by atoms with Gasteiger partial charge in [0.2, 0.25) is 0 Å². The van der Waals surface area contributed by atoms with E-state index >= 15 is 0 Å². The van der Waals surface area contributed by atoms with Gasteiger partial charge in [-0.2, -0.15) is 0 Å². The average Bonchev–Trinajstić information content (AvgIpc) is 2.94. The third-order valence-corrected chi connectivity index (χ3v) is 4.16. The molecule has 1 aliphatic rings. The number of carboxylic acid groups (broad SMARTS) is 1. The number of nitrogens with two attached hydrogens (primary N) is 1. The quantitative estimate of drug-likeness (QED) is 0.841. The zero-order valence-electron chi connectivity index (χ0n) is 12.9. The summed E-state index contributed by atoms with van der Waals surface area (Å²) in [7, 11) is 0. The number of aromatic carboxylic acids is 1.